The summed E-state index contributed by atoms with van der Waals surface area (Å²) in [5.74, 6) is 0. The summed E-state index contributed by atoms with van der Waals surface area (Å²) in [4.78, 5) is 9.40. The molecule has 4 heteroatoms. The highest BCUT2D eigenvalue weighted by atomic mass is 15.1. The Kier molecular flexibility index (Phi) is 5.81. The van der Waals surface area contributed by atoms with Crippen molar-refractivity contribution in [3.63, 3.8) is 0 Å². The van der Waals surface area contributed by atoms with Crippen molar-refractivity contribution in [2.45, 2.75) is 6.92 Å². The fraction of sp³-hybridized carbons (Fsp3) is 0.0714. The molecule has 5 aromatic carbocycles. The van der Waals surface area contributed by atoms with Crippen LogP contribution in [0.25, 0.3) is 82.5 Å². The van der Waals surface area contributed by atoms with Gasteiger partial charge in [-0.05, 0) is 84.3 Å². The highest BCUT2D eigenvalue weighted by molar-refractivity contribution is 6.12. The molecule has 0 aliphatic carbocycles. The summed E-state index contributed by atoms with van der Waals surface area (Å²) in [6.45, 7) is 2.16. The largest absolute Gasteiger partial charge is 0.378 e. The van der Waals surface area contributed by atoms with Crippen LogP contribution in [-0.4, -0.2) is 24.1 Å². The zero-order valence-electron chi connectivity index (χ0n) is 26.1. The molecule has 0 saturated heterocycles. The molecule has 46 heavy (non-hydrogen) atoms. The minimum atomic E-state index is 1.15. The summed E-state index contributed by atoms with van der Waals surface area (Å²) in [6, 6.07) is 44.4. The van der Waals surface area contributed by atoms with Gasteiger partial charge in [0.1, 0.15) is 0 Å². The van der Waals surface area contributed by atoms with Crippen LogP contribution in [0.1, 0.15) is 5.56 Å². The predicted octanol–water partition coefficient (Wildman–Crippen LogP) is 10.1. The Morgan fingerprint density at radius 3 is 1.91 bits per heavy atom. The second-order valence-electron chi connectivity index (χ2n) is 12.6. The van der Waals surface area contributed by atoms with Crippen LogP contribution in [0.2, 0.25) is 0 Å². The molecule has 220 valence electrons. The molecule has 0 radical (unpaired) electrons. The molecule has 0 aliphatic rings. The minimum Gasteiger partial charge on any atom is -0.378 e. The average Bonchev–Trinajstić information content (AvgIpc) is 3.64. The molecular weight excluding hydrogens is 560 g/mol. The summed E-state index contributed by atoms with van der Waals surface area (Å²) in [5.41, 5.74) is 15.4. The molecule has 4 heterocycles. The Morgan fingerprint density at radius 2 is 1.13 bits per heavy atom. The van der Waals surface area contributed by atoms with Gasteiger partial charge < -0.3 is 14.9 Å². The second-order valence-corrected chi connectivity index (χ2v) is 12.6. The molecule has 0 spiro atoms. The average molecular weight is 594 g/mol. The first-order chi connectivity index (χ1) is 22.5. The molecule has 0 atom stereocenters. The molecule has 0 bridgehead atoms. The Labute approximate surface area is 267 Å². The van der Waals surface area contributed by atoms with E-state index in [0.29, 0.717) is 0 Å². The SMILES string of the molecule is Cc1ccc2[nH]c3ccc(-c4c(-c5ccc(N(C)C)cc5)c(-c5ccc6[nH]c7ccccc7c6c5)c[n+]5ccccc45)cc3c2c1. The van der Waals surface area contributed by atoms with E-state index in [1.165, 1.54) is 71.7 Å². The van der Waals surface area contributed by atoms with Crippen LogP contribution >= 0.6 is 0 Å². The summed E-state index contributed by atoms with van der Waals surface area (Å²) >= 11 is 0. The maximum absolute atomic E-state index is 3.64. The number of aromatic nitrogens is 3. The van der Waals surface area contributed by atoms with E-state index in [-0.39, 0.29) is 0 Å². The molecule has 0 aliphatic heterocycles. The highest BCUT2D eigenvalue weighted by Crippen LogP contribution is 2.44. The van der Waals surface area contributed by atoms with Crippen LogP contribution in [-0.2, 0) is 0 Å². The Bertz CT molecular complexity index is 2620. The van der Waals surface area contributed by atoms with E-state index in [9.17, 15) is 0 Å². The van der Waals surface area contributed by atoms with Gasteiger partial charge in [0.2, 0.25) is 5.52 Å². The normalized spacial score (nSPS) is 11.8. The van der Waals surface area contributed by atoms with Crippen LogP contribution in [0.4, 0.5) is 5.69 Å². The number of rotatable bonds is 4. The van der Waals surface area contributed by atoms with Crippen LogP contribution in [0.5, 0.6) is 0 Å². The van der Waals surface area contributed by atoms with Crippen LogP contribution < -0.4 is 9.30 Å². The lowest BCUT2D eigenvalue weighted by Gasteiger charge is -2.17. The third-order valence-electron chi connectivity index (χ3n) is 9.47. The van der Waals surface area contributed by atoms with Gasteiger partial charge in [-0.2, -0.15) is 4.40 Å². The maximum atomic E-state index is 3.64. The topological polar surface area (TPSA) is 38.9 Å². The number of nitrogens with one attached hydrogen (secondary N) is 2. The van der Waals surface area contributed by atoms with Gasteiger partial charge in [-0.25, -0.2) is 0 Å². The number of aromatic amines is 2. The number of hydrogen-bond donors (Lipinski definition) is 2. The molecular formula is C42H33N4+. The lowest BCUT2D eigenvalue weighted by Crippen LogP contribution is -2.22. The zero-order valence-corrected chi connectivity index (χ0v) is 26.1. The first-order valence-electron chi connectivity index (χ1n) is 15.8. The number of hydrogen-bond acceptors (Lipinski definition) is 1. The highest BCUT2D eigenvalue weighted by Gasteiger charge is 2.24. The van der Waals surface area contributed by atoms with E-state index in [4.69, 9.17) is 0 Å². The van der Waals surface area contributed by atoms with Gasteiger partial charge >= 0.3 is 0 Å². The first kappa shape index (κ1) is 26.5. The van der Waals surface area contributed by atoms with Crippen molar-refractivity contribution in [2.75, 3.05) is 19.0 Å². The van der Waals surface area contributed by atoms with Gasteiger partial charge in [-0.15, -0.1) is 0 Å². The minimum absolute atomic E-state index is 1.15. The molecule has 9 aromatic rings. The van der Waals surface area contributed by atoms with Gasteiger partial charge in [0.05, 0.1) is 11.1 Å². The number of nitrogens with zero attached hydrogens (tertiary/aromatic N) is 2. The number of pyridine rings is 2. The number of aryl methyl sites for hydroxylation is 1. The van der Waals surface area contributed by atoms with Crippen LogP contribution in [0.15, 0.2) is 134 Å². The summed E-state index contributed by atoms with van der Waals surface area (Å²) in [7, 11) is 4.18. The molecule has 4 nitrogen and oxygen atoms in total. The quantitative estimate of drug-likeness (QED) is 0.196. The summed E-state index contributed by atoms with van der Waals surface area (Å²) in [5, 5.41) is 4.97. The van der Waals surface area contributed by atoms with Crippen molar-refractivity contribution in [3.05, 3.63) is 139 Å². The Balaban J connectivity index is 1.39. The van der Waals surface area contributed by atoms with E-state index in [1.54, 1.807) is 0 Å². The molecule has 0 saturated carbocycles. The van der Waals surface area contributed by atoms with Gasteiger partial charge in [-0.1, -0.05) is 54.1 Å². The number of anilines is 1. The van der Waals surface area contributed by atoms with Crippen molar-refractivity contribution >= 4 is 54.8 Å². The van der Waals surface area contributed by atoms with E-state index >= 15 is 0 Å². The molecule has 2 N–H and O–H groups in total. The maximum Gasteiger partial charge on any atom is 0.219 e. The van der Waals surface area contributed by atoms with Crippen LogP contribution in [0, 0.1) is 6.92 Å². The zero-order chi connectivity index (χ0) is 30.9. The van der Waals surface area contributed by atoms with Crippen molar-refractivity contribution in [1.82, 2.24) is 9.97 Å². The summed E-state index contributed by atoms with van der Waals surface area (Å²) < 4.78 is 2.28. The first-order valence-corrected chi connectivity index (χ1v) is 15.8. The number of fused-ring (bicyclic) bond motifs is 7. The third kappa shape index (κ3) is 4.11. The fourth-order valence-corrected chi connectivity index (χ4v) is 7.17. The molecule has 0 amide bonds. The predicted molar refractivity (Wildman–Crippen MR) is 194 cm³/mol. The molecule has 0 fully saturated rings. The lowest BCUT2D eigenvalue weighted by atomic mass is 9.87. The number of benzene rings is 5. The summed E-state index contributed by atoms with van der Waals surface area (Å²) in [6.07, 6.45) is 4.47. The van der Waals surface area contributed by atoms with E-state index < -0.39 is 0 Å². The standard InChI is InChI=1S/C42H33N4/c1-26-11-18-37-32(22-26)34-24-29(15-20-39(34)44-37)42-40-10-6-7-21-46(40)25-35(41(42)27-12-16-30(17-13-27)45(2)3)28-14-19-38-33(23-28)31-8-4-5-9-36(31)43-38/h4-25,43-44H,1-3H3/q+1. The number of para-hydroxylation sites is 1. The Morgan fingerprint density at radius 1 is 0.522 bits per heavy atom. The van der Waals surface area contributed by atoms with Crippen molar-refractivity contribution in [3.8, 4) is 33.4 Å². The van der Waals surface area contributed by atoms with E-state index in [1.807, 2.05) is 0 Å². The van der Waals surface area contributed by atoms with Gasteiger partial charge in [0, 0.05) is 81.1 Å². The van der Waals surface area contributed by atoms with Crippen molar-refractivity contribution < 1.29 is 4.40 Å². The van der Waals surface area contributed by atoms with Crippen LogP contribution in [0.3, 0.4) is 0 Å². The monoisotopic (exact) mass is 593 g/mol. The van der Waals surface area contributed by atoms with Gasteiger partial charge in [0.25, 0.3) is 0 Å². The van der Waals surface area contributed by atoms with Gasteiger partial charge in [-0.3, -0.25) is 0 Å². The smallest absolute Gasteiger partial charge is 0.219 e. The fourth-order valence-electron chi connectivity index (χ4n) is 7.17. The van der Waals surface area contributed by atoms with Crippen molar-refractivity contribution in [1.29, 1.82) is 0 Å². The van der Waals surface area contributed by atoms with Gasteiger partial charge in [0.15, 0.2) is 12.4 Å². The lowest BCUT2D eigenvalue weighted by molar-refractivity contribution is -0.510. The third-order valence-corrected chi connectivity index (χ3v) is 9.47. The number of H-pyrrole nitrogens is 2. The molecule has 4 aromatic heterocycles. The Hall–Kier alpha value is -5.87. The van der Waals surface area contributed by atoms with E-state index in [0.717, 1.165) is 22.1 Å². The van der Waals surface area contributed by atoms with E-state index in [2.05, 4.69) is 174 Å². The van der Waals surface area contributed by atoms with Crippen molar-refractivity contribution in [2.24, 2.45) is 0 Å². The molecule has 0 unspecified atom stereocenters. The second kappa shape index (κ2) is 10.1. The molecule has 9 rings (SSSR count).